The lowest BCUT2D eigenvalue weighted by atomic mass is 10.1. The molecule has 0 saturated heterocycles. The topological polar surface area (TPSA) is 80.0 Å². The molecule has 35 heavy (non-hydrogen) atoms. The number of ether oxygens (including phenoxy) is 1. The Kier molecular flexibility index (Phi) is 8.12. The fourth-order valence-electron chi connectivity index (χ4n) is 4.44. The third kappa shape index (κ3) is 6.75. The molecule has 1 aromatic heterocycles. The van der Waals surface area contributed by atoms with Gasteiger partial charge in [0, 0.05) is 35.7 Å². The van der Waals surface area contributed by atoms with E-state index in [1.807, 2.05) is 48.5 Å². The van der Waals surface area contributed by atoms with Crippen molar-refractivity contribution in [1.82, 2.24) is 4.90 Å². The van der Waals surface area contributed by atoms with Gasteiger partial charge in [0.15, 0.2) is 0 Å². The van der Waals surface area contributed by atoms with Gasteiger partial charge >= 0.3 is 5.97 Å². The average Bonchev–Trinajstić information content (AvgIpc) is 3.58. The molecule has 1 heterocycles. The van der Waals surface area contributed by atoms with Crippen LogP contribution in [0.15, 0.2) is 71.3 Å². The molecule has 4 rings (SSSR count). The predicted octanol–water partition coefficient (Wildman–Crippen LogP) is 6.56. The monoisotopic (exact) mass is 476 g/mol. The number of carbonyl (C=O) groups is 2. The number of unbranched alkanes of at least 4 members (excludes halogenated alkanes) is 2. The normalized spacial score (nSPS) is 14.9. The van der Waals surface area contributed by atoms with Gasteiger partial charge < -0.3 is 19.2 Å². The van der Waals surface area contributed by atoms with Crippen molar-refractivity contribution in [2.75, 3.05) is 6.61 Å². The molecule has 1 amide bonds. The predicted molar refractivity (Wildman–Crippen MR) is 134 cm³/mol. The number of para-hydroxylation sites is 1. The van der Waals surface area contributed by atoms with Gasteiger partial charge in [-0.05, 0) is 62.4 Å². The number of benzene rings is 2. The van der Waals surface area contributed by atoms with E-state index >= 15 is 0 Å². The minimum absolute atomic E-state index is 0.165. The highest BCUT2D eigenvalue weighted by Crippen LogP contribution is 2.30. The van der Waals surface area contributed by atoms with Crippen LogP contribution in [-0.4, -0.2) is 34.5 Å². The second kappa shape index (κ2) is 12.2. The number of amides is 1. The second-order valence-corrected chi connectivity index (χ2v) is 8.88. The van der Waals surface area contributed by atoms with Gasteiger partial charge in [-0.25, -0.2) is 0 Å². The van der Waals surface area contributed by atoms with Crippen molar-refractivity contribution in [3.63, 3.8) is 0 Å². The number of aliphatic carboxylic acids is 1. The molecular weight excluding hydrogens is 442 g/mol. The summed E-state index contributed by atoms with van der Waals surface area (Å²) in [4.78, 5) is 26.1. The van der Waals surface area contributed by atoms with Gasteiger partial charge in [0.05, 0.1) is 14.2 Å². The molecule has 1 aliphatic rings. The zero-order valence-electron chi connectivity index (χ0n) is 20.9. The number of hydrogen-bond acceptors (Lipinski definition) is 4. The molecule has 1 aliphatic carbocycles. The summed E-state index contributed by atoms with van der Waals surface area (Å²) in [6, 6.07) is 17.7. The largest absolute Gasteiger partial charge is 0.493 e. The molecule has 1 fully saturated rings. The quantitative estimate of drug-likeness (QED) is 0.300. The van der Waals surface area contributed by atoms with Crippen LogP contribution in [0.4, 0.5) is 0 Å². The molecule has 1 saturated carbocycles. The summed E-state index contributed by atoms with van der Waals surface area (Å²) in [5.41, 5.74) is 2.30. The maximum absolute atomic E-state index is 13.7. The molecule has 1 N–H and O–H groups in total. The summed E-state index contributed by atoms with van der Waals surface area (Å²) >= 11 is 0. The van der Waals surface area contributed by atoms with Gasteiger partial charge in [-0.3, -0.25) is 9.59 Å². The molecule has 2 aromatic carbocycles. The van der Waals surface area contributed by atoms with Crippen molar-refractivity contribution in [3.05, 3.63) is 78.1 Å². The minimum atomic E-state index is -0.958. The van der Waals surface area contributed by atoms with E-state index in [4.69, 9.17) is 15.6 Å². The van der Waals surface area contributed by atoms with Crippen LogP contribution in [-0.2, 0) is 11.3 Å². The first-order chi connectivity index (χ1) is 17.5. The summed E-state index contributed by atoms with van der Waals surface area (Å²) in [6.45, 7) is 0.766. The van der Waals surface area contributed by atoms with Gasteiger partial charge in [-0.2, -0.15) is 0 Å². The summed E-state index contributed by atoms with van der Waals surface area (Å²) in [5.74, 6) is 0.496. The third-order valence-electron chi connectivity index (χ3n) is 6.34. The fraction of sp³-hybridized carbons (Fsp3) is 0.379. The van der Waals surface area contributed by atoms with E-state index in [9.17, 15) is 9.59 Å². The van der Waals surface area contributed by atoms with Crippen molar-refractivity contribution < 1.29 is 25.2 Å². The van der Waals surface area contributed by atoms with Crippen molar-refractivity contribution >= 4 is 11.9 Å². The smallest absolute Gasteiger partial charge is 0.303 e. The Morgan fingerprint density at radius 1 is 1.00 bits per heavy atom. The summed E-state index contributed by atoms with van der Waals surface area (Å²) < 4.78 is 20.6. The van der Waals surface area contributed by atoms with Crippen LogP contribution in [0.2, 0.25) is 0 Å². The van der Waals surface area contributed by atoms with E-state index in [2.05, 4.69) is 0 Å². The minimum Gasteiger partial charge on any atom is -0.493 e. The van der Waals surface area contributed by atoms with E-state index in [-0.39, 0.29) is 18.9 Å². The van der Waals surface area contributed by atoms with Crippen LogP contribution in [0.25, 0.3) is 11.3 Å². The summed E-state index contributed by atoms with van der Waals surface area (Å²) in [5, 5.41) is 8.78. The molecule has 0 unspecified atom stereocenters. The number of rotatable bonds is 12. The van der Waals surface area contributed by atoms with E-state index in [1.165, 1.54) is 0 Å². The maximum Gasteiger partial charge on any atom is 0.303 e. The second-order valence-electron chi connectivity index (χ2n) is 8.88. The first kappa shape index (κ1) is 23.2. The van der Waals surface area contributed by atoms with Crippen LogP contribution >= 0.6 is 0 Å². The van der Waals surface area contributed by atoms with Crippen LogP contribution in [0.1, 0.15) is 68.7 Å². The van der Waals surface area contributed by atoms with Gasteiger partial charge in [-0.1, -0.05) is 43.2 Å². The number of carbonyl (C=O) groups excluding carboxylic acids is 1. The number of carboxylic acid groups (broad SMARTS) is 1. The molecule has 3 aromatic rings. The first-order valence-electron chi connectivity index (χ1n) is 12.8. The Bertz CT molecular complexity index is 1140. The lowest BCUT2D eigenvalue weighted by Crippen LogP contribution is -2.38. The lowest BCUT2D eigenvalue weighted by Gasteiger charge is -2.30. The Balaban J connectivity index is 1.49. The van der Waals surface area contributed by atoms with Crippen molar-refractivity contribution in [1.29, 1.82) is 0 Å². The number of nitrogens with zero attached hydrogens (tertiary/aromatic N) is 1. The summed E-state index contributed by atoms with van der Waals surface area (Å²) in [6.07, 6.45) is 7.11. The number of hydrogen-bond donors (Lipinski definition) is 1. The molecule has 0 radical (unpaired) electrons. The molecule has 184 valence electrons. The molecule has 6 nitrogen and oxygen atoms in total. The fourth-order valence-corrected chi connectivity index (χ4v) is 4.44. The number of furan rings is 1. The van der Waals surface area contributed by atoms with Crippen LogP contribution in [0, 0.1) is 0 Å². The molecule has 0 spiro atoms. The van der Waals surface area contributed by atoms with Crippen molar-refractivity contribution in [2.45, 2.75) is 63.9 Å². The molecule has 0 aliphatic heterocycles. The first-order valence-corrected chi connectivity index (χ1v) is 12.3. The Hall–Kier alpha value is -3.54. The zero-order chi connectivity index (χ0) is 25.4. The Labute approximate surface area is 207 Å². The highest BCUT2D eigenvalue weighted by atomic mass is 16.5. The zero-order valence-corrected chi connectivity index (χ0v) is 19.9. The lowest BCUT2D eigenvalue weighted by molar-refractivity contribution is -0.137. The average molecular weight is 477 g/mol. The van der Waals surface area contributed by atoms with Gasteiger partial charge in [0.1, 0.15) is 11.5 Å². The maximum atomic E-state index is 13.7. The van der Waals surface area contributed by atoms with Crippen LogP contribution in [0.5, 0.6) is 5.75 Å². The van der Waals surface area contributed by atoms with E-state index in [0.29, 0.717) is 37.2 Å². The van der Waals surface area contributed by atoms with Gasteiger partial charge in [0.25, 0.3) is 5.91 Å². The van der Waals surface area contributed by atoms with Gasteiger partial charge in [-0.15, -0.1) is 0 Å². The van der Waals surface area contributed by atoms with E-state index in [0.717, 1.165) is 42.6 Å². The summed E-state index contributed by atoms with van der Waals surface area (Å²) in [7, 11) is 0. The van der Waals surface area contributed by atoms with E-state index < -0.39 is 12.0 Å². The highest BCUT2D eigenvalue weighted by Gasteiger charge is 2.28. The van der Waals surface area contributed by atoms with E-state index in [1.54, 1.807) is 23.3 Å². The van der Waals surface area contributed by atoms with Crippen LogP contribution in [0.3, 0.4) is 0 Å². The third-order valence-corrected chi connectivity index (χ3v) is 6.34. The standard InChI is InChI=1S/C29H33NO5/c31-28(32)14-2-1-7-19-34-27-12-6-3-9-24(27)21-30(25-10-4-5-11-25)29(33)23-17-15-22(16-18-23)26-13-8-20-35-26/h3,6,8-9,12-13,15-18,20,25H,1-2,4-5,7,10-11,14,19,21H2,(H,31,32)/i25D. The molecule has 0 bridgehead atoms. The van der Waals surface area contributed by atoms with Gasteiger partial charge in [0.2, 0.25) is 0 Å². The molecular formula is C29H33NO5. The molecule has 0 atom stereocenters. The highest BCUT2D eigenvalue weighted by molar-refractivity contribution is 5.95. The Morgan fingerprint density at radius 3 is 2.49 bits per heavy atom. The van der Waals surface area contributed by atoms with Crippen molar-refractivity contribution in [2.24, 2.45) is 0 Å². The SMILES string of the molecule is [2H]C1(N(Cc2ccccc2OCCCCCC(=O)O)C(=O)c2ccc(-c3ccco3)cc2)CCCC1. The molecule has 6 heteroatoms. The van der Waals surface area contributed by atoms with Crippen molar-refractivity contribution in [3.8, 4) is 17.1 Å². The van der Waals surface area contributed by atoms with Crippen LogP contribution < -0.4 is 4.74 Å². The number of carboxylic acids is 1. The Morgan fingerprint density at radius 2 is 1.77 bits per heavy atom.